The molecule has 1 fully saturated rings. The lowest BCUT2D eigenvalue weighted by Gasteiger charge is -2.34. The largest absolute Gasteiger partial charge is 0.392 e. The number of nitrogens with zero attached hydrogens (tertiary/aromatic N) is 6. The van der Waals surface area contributed by atoms with Gasteiger partial charge in [-0.1, -0.05) is 12.2 Å². The minimum absolute atomic E-state index is 0.547. The van der Waals surface area contributed by atoms with Gasteiger partial charge in [0.25, 0.3) is 0 Å². The van der Waals surface area contributed by atoms with Crippen molar-refractivity contribution in [3.8, 4) is 0 Å². The van der Waals surface area contributed by atoms with Gasteiger partial charge in [-0.15, -0.1) is 10.2 Å². The van der Waals surface area contributed by atoms with Gasteiger partial charge >= 0.3 is 0 Å². The molecule has 0 radical (unpaired) electrons. The van der Waals surface area contributed by atoms with E-state index in [1.807, 2.05) is 10.6 Å². The molecular formula is C11H15N7S. The molecule has 19 heavy (non-hydrogen) atoms. The van der Waals surface area contributed by atoms with E-state index in [9.17, 15) is 0 Å². The number of hydrogen-bond donors (Lipinski definition) is 1. The topological polar surface area (TPSA) is 75.6 Å². The van der Waals surface area contributed by atoms with Crippen LogP contribution >= 0.6 is 12.2 Å². The molecule has 0 spiro atoms. The Kier molecular flexibility index (Phi) is 3.26. The molecule has 8 heteroatoms. The summed E-state index contributed by atoms with van der Waals surface area (Å²) in [5, 5.41) is 8.03. The molecule has 7 nitrogen and oxygen atoms in total. The number of fused-ring (bicyclic) bond motifs is 1. The molecule has 3 heterocycles. The van der Waals surface area contributed by atoms with Crippen LogP contribution in [-0.4, -0.2) is 62.2 Å². The lowest BCUT2D eigenvalue weighted by Crippen LogP contribution is -2.49. The van der Waals surface area contributed by atoms with Crippen molar-refractivity contribution in [2.24, 2.45) is 5.73 Å². The van der Waals surface area contributed by atoms with Crippen molar-refractivity contribution in [2.45, 2.75) is 0 Å². The highest BCUT2D eigenvalue weighted by atomic mass is 32.1. The normalized spacial score (nSPS) is 16.9. The van der Waals surface area contributed by atoms with Crippen LogP contribution in [0.3, 0.4) is 0 Å². The molecule has 2 N–H and O–H groups in total. The van der Waals surface area contributed by atoms with Crippen molar-refractivity contribution in [2.75, 3.05) is 37.6 Å². The summed E-state index contributed by atoms with van der Waals surface area (Å²) in [5.41, 5.74) is 6.37. The zero-order valence-electron chi connectivity index (χ0n) is 10.4. The Morgan fingerprint density at radius 3 is 2.84 bits per heavy atom. The third-order valence-electron chi connectivity index (χ3n) is 3.25. The van der Waals surface area contributed by atoms with Crippen LogP contribution in [0.5, 0.6) is 0 Å². The van der Waals surface area contributed by atoms with Gasteiger partial charge in [0.05, 0.1) is 4.99 Å². The fourth-order valence-electron chi connectivity index (χ4n) is 2.31. The Morgan fingerprint density at radius 2 is 2.11 bits per heavy atom. The van der Waals surface area contributed by atoms with Gasteiger partial charge < -0.3 is 10.6 Å². The summed E-state index contributed by atoms with van der Waals surface area (Å²) < 4.78 is 1.88. The monoisotopic (exact) mass is 277 g/mol. The molecule has 3 rings (SSSR count). The predicted molar refractivity (Wildman–Crippen MR) is 76.2 cm³/mol. The van der Waals surface area contributed by atoms with Gasteiger partial charge in [-0.2, -0.15) is 0 Å². The summed E-state index contributed by atoms with van der Waals surface area (Å²) in [7, 11) is 0. The standard InChI is InChI=1S/C11H15N7S/c12-9(19)7-16-3-5-17(6-4-16)10-11-15-14-8-18(11)2-1-13-10/h1-2,8H,3-7H2,(H2,12,19). The SMILES string of the molecule is NC(=S)CN1CCN(c2nccn3cnnc23)CC1. The van der Waals surface area contributed by atoms with Gasteiger partial charge in [-0.3, -0.25) is 9.30 Å². The minimum Gasteiger partial charge on any atom is -0.392 e. The van der Waals surface area contributed by atoms with Crippen molar-refractivity contribution in [3.05, 3.63) is 18.7 Å². The smallest absolute Gasteiger partial charge is 0.203 e. The number of hydrogen-bond acceptors (Lipinski definition) is 6. The van der Waals surface area contributed by atoms with Gasteiger partial charge in [0.15, 0.2) is 5.82 Å². The zero-order valence-corrected chi connectivity index (χ0v) is 11.3. The van der Waals surface area contributed by atoms with Gasteiger partial charge in [-0.25, -0.2) is 4.98 Å². The zero-order chi connectivity index (χ0) is 13.2. The van der Waals surface area contributed by atoms with E-state index in [1.54, 1.807) is 12.5 Å². The predicted octanol–water partition coefficient (Wildman–Crippen LogP) is -0.468. The average molecular weight is 277 g/mol. The third kappa shape index (κ3) is 2.49. The molecule has 1 saturated heterocycles. The van der Waals surface area contributed by atoms with Crippen LogP contribution in [0.15, 0.2) is 18.7 Å². The molecular weight excluding hydrogens is 262 g/mol. The lowest BCUT2D eigenvalue weighted by atomic mass is 10.3. The van der Waals surface area contributed by atoms with Crippen molar-refractivity contribution >= 4 is 28.7 Å². The number of piperazine rings is 1. The van der Waals surface area contributed by atoms with Crippen molar-refractivity contribution in [1.29, 1.82) is 0 Å². The Bertz CT molecular complexity index is 587. The van der Waals surface area contributed by atoms with Crippen molar-refractivity contribution in [3.63, 3.8) is 0 Å². The van der Waals surface area contributed by atoms with E-state index in [0.717, 1.165) is 37.6 Å². The summed E-state index contributed by atoms with van der Waals surface area (Å²) in [4.78, 5) is 9.44. The minimum atomic E-state index is 0.547. The van der Waals surface area contributed by atoms with Crippen molar-refractivity contribution < 1.29 is 0 Å². The molecule has 100 valence electrons. The van der Waals surface area contributed by atoms with E-state index in [2.05, 4.69) is 25.0 Å². The molecule has 0 aliphatic carbocycles. The first kappa shape index (κ1) is 12.2. The second-order valence-electron chi connectivity index (χ2n) is 4.54. The first-order valence-corrected chi connectivity index (χ1v) is 6.55. The molecule has 0 saturated carbocycles. The van der Waals surface area contributed by atoms with Crippen LogP contribution in [-0.2, 0) is 0 Å². The van der Waals surface area contributed by atoms with E-state index in [1.165, 1.54) is 0 Å². The van der Waals surface area contributed by atoms with Gasteiger partial charge in [0, 0.05) is 45.1 Å². The summed E-state index contributed by atoms with van der Waals surface area (Å²) in [6, 6.07) is 0. The fraction of sp³-hybridized carbons (Fsp3) is 0.455. The van der Waals surface area contributed by atoms with Gasteiger partial charge in [-0.05, 0) is 0 Å². The van der Waals surface area contributed by atoms with Crippen LogP contribution < -0.4 is 10.6 Å². The fourth-order valence-corrected chi connectivity index (χ4v) is 2.49. The summed E-state index contributed by atoms with van der Waals surface area (Å²) in [6.45, 7) is 4.32. The Balaban J connectivity index is 1.75. The molecule has 0 atom stereocenters. The second kappa shape index (κ2) is 5.06. The van der Waals surface area contributed by atoms with E-state index in [0.29, 0.717) is 11.5 Å². The quantitative estimate of drug-likeness (QED) is 0.760. The van der Waals surface area contributed by atoms with Crippen LogP contribution in [0.25, 0.3) is 5.65 Å². The molecule has 1 aliphatic rings. The number of nitrogens with two attached hydrogens (primary N) is 1. The summed E-state index contributed by atoms with van der Waals surface area (Å²) in [6.07, 6.45) is 5.30. The maximum atomic E-state index is 5.57. The highest BCUT2D eigenvalue weighted by Crippen LogP contribution is 2.17. The first-order chi connectivity index (χ1) is 9.24. The molecule has 2 aromatic heterocycles. The highest BCUT2D eigenvalue weighted by Gasteiger charge is 2.20. The highest BCUT2D eigenvalue weighted by molar-refractivity contribution is 7.80. The molecule has 1 aliphatic heterocycles. The van der Waals surface area contributed by atoms with Gasteiger partial charge in [0.1, 0.15) is 6.33 Å². The Labute approximate surface area is 116 Å². The second-order valence-corrected chi connectivity index (χ2v) is 5.07. The number of aromatic nitrogens is 4. The molecule has 0 aromatic carbocycles. The Hall–Kier alpha value is -1.80. The molecule has 0 amide bonds. The Morgan fingerprint density at radius 1 is 1.32 bits per heavy atom. The van der Waals surface area contributed by atoms with Crippen LogP contribution in [0.1, 0.15) is 0 Å². The molecule has 2 aromatic rings. The molecule has 0 bridgehead atoms. The van der Waals surface area contributed by atoms with Crippen LogP contribution in [0.4, 0.5) is 5.82 Å². The first-order valence-electron chi connectivity index (χ1n) is 6.14. The van der Waals surface area contributed by atoms with E-state index >= 15 is 0 Å². The maximum Gasteiger partial charge on any atom is 0.203 e. The van der Waals surface area contributed by atoms with Gasteiger partial charge in [0.2, 0.25) is 5.65 Å². The lowest BCUT2D eigenvalue weighted by molar-refractivity contribution is 0.292. The van der Waals surface area contributed by atoms with E-state index in [4.69, 9.17) is 18.0 Å². The summed E-state index contributed by atoms with van der Waals surface area (Å²) in [5.74, 6) is 0.884. The van der Waals surface area contributed by atoms with E-state index in [-0.39, 0.29) is 0 Å². The average Bonchev–Trinajstić information content (AvgIpc) is 2.87. The van der Waals surface area contributed by atoms with Crippen LogP contribution in [0.2, 0.25) is 0 Å². The molecule has 0 unspecified atom stereocenters. The summed E-state index contributed by atoms with van der Waals surface area (Å²) >= 11 is 4.94. The number of rotatable bonds is 3. The van der Waals surface area contributed by atoms with E-state index < -0.39 is 0 Å². The number of thiocarbonyl (C=S) groups is 1. The van der Waals surface area contributed by atoms with Crippen LogP contribution in [0, 0.1) is 0 Å². The van der Waals surface area contributed by atoms with Crippen molar-refractivity contribution in [1.82, 2.24) is 24.5 Å². The maximum absolute atomic E-state index is 5.57. The number of anilines is 1. The third-order valence-corrected chi connectivity index (χ3v) is 3.38.